The van der Waals surface area contributed by atoms with E-state index in [1.807, 2.05) is 55.1 Å². The third kappa shape index (κ3) is 4.42. The fourth-order valence-corrected chi connectivity index (χ4v) is 5.12. The minimum atomic E-state index is -3.54. The molecular weight excluding hydrogens is 374 g/mol. The van der Waals surface area contributed by atoms with Crippen molar-refractivity contribution in [3.63, 3.8) is 0 Å². The number of piperazine rings is 1. The summed E-state index contributed by atoms with van der Waals surface area (Å²) in [7, 11) is -3.54. The number of aromatic nitrogens is 1. The van der Waals surface area contributed by atoms with Crippen LogP contribution in [-0.2, 0) is 27.8 Å². The van der Waals surface area contributed by atoms with Crippen LogP contribution in [-0.4, -0.2) is 49.7 Å². The zero-order valence-corrected chi connectivity index (χ0v) is 17.6. The fraction of sp³-hybridized carbons (Fsp3) is 0.429. The first-order chi connectivity index (χ1) is 13.3. The van der Waals surface area contributed by atoms with Crippen LogP contribution in [0.25, 0.3) is 0 Å². The summed E-state index contributed by atoms with van der Waals surface area (Å²) in [6.07, 6.45) is 4.79. The first-order valence-electron chi connectivity index (χ1n) is 9.64. The molecule has 0 N–H and O–H groups in total. The number of carbonyl (C=O) groups is 1. The summed E-state index contributed by atoms with van der Waals surface area (Å²) in [6, 6.07) is 9.41. The molecular formula is C21H28N3O3S+. The molecule has 2 heterocycles. The Labute approximate surface area is 167 Å². The average Bonchev–Trinajstić information content (AvgIpc) is 2.68. The predicted molar refractivity (Wildman–Crippen MR) is 107 cm³/mol. The minimum Gasteiger partial charge on any atom is -0.335 e. The lowest BCUT2D eigenvalue weighted by atomic mass is 10.2. The Kier molecular flexibility index (Phi) is 6.15. The highest BCUT2D eigenvalue weighted by Crippen LogP contribution is 2.22. The summed E-state index contributed by atoms with van der Waals surface area (Å²) in [5.41, 5.74) is 3.02. The number of aryl methyl sites for hydroxylation is 3. The van der Waals surface area contributed by atoms with Crippen molar-refractivity contribution in [1.29, 1.82) is 0 Å². The molecule has 3 rings (SSSR count). The Morgan fingerprint density at radius 1 is 1.04 bits per heavy atom. The van der Waals surface area contributed by atoms with Gasteiger partial charge in [0.1, 0.15) is 0 Å². The maximum Gasteiger partial charge on any atom is 0.288 e. The van der Waals surface area contributed by atoms with Crippen LogP contribution in [0.1, 0.15) is 23.6 Å². The monoisotopic (exact) mass is 402 g/mol. The molecule has 0 spiro atoms. The molecule has 1 aromatic carbocycles. The zero-order chi connectivity index (χ0) is 20.3. The average molecular weight is 403 g/mol. The van der Waals surface area contributed by atoms with E-state index < -0.39 is 10.0 Å². The second-order valence-corrected chi connectivity index (χ2v) is 9.19. The van der Waals surface area contributed by atoms with Crippen LogP contribution in [0.2, 0.25) is 0 Å². The topological polar surface area (TPSA) is 61.6 Å². The number of pyridine rings is 1. The second-order valence-electron chi connectivity index (χ2n) is 7.29. The van der Waals surface area contributed by atoms with Crippen molar-refractivity contribution in [2.24, 2.45) is 0 Å². The van der Waals surface area contributed by atoms with E-state index in [-0.39, 0.29) is 12.5 Å². The number of sulfonamides is 1. The van der Waals surface area contributed by atoms with Gasteiger partial charge in [-0.25, -0.2) is 8.42 Å². The van der Waals surface area contributed by atoms with Gasteiger partial charge >= 0.3 is 0 Å². The first-order valence-corrected chi connectivity index (χ1v) is 11.1. The number of hydrogen-bond donors (Lipinski definition) is 0. The van der Waals surface area contributed by atoms with Crippen molar-refractivity contribution in [2.45, 2.75) is 38.6 Å². The van der Waals surface area contributed by atoms with E-state index in [9.17, 15) is 13.2 Å². The van der Waals surface area contributed by atoms with Gasteiger partial charge in [-0.2, -0.15) is 8.87 Å². The minimum absolute atomic E-state index is 0.0119. The first kappa shape index (κ1) is 20.5. The largest absolute Gasteiger partial charge is 0.335 e. The molecule has 1 aliphatic heterocycles. The molecule has 0 radical (unpaired) electrons. The second kappa shape index (κ2) is 8.41. The fourth-order valence-electron chi connectivity index (χ4n) is 3.49. The summed E-state index contributed by atoms with van der Waals surface area (Å²) in [5.74, 6) is 0.0119. The molecule has 0 aliphatic carbocycles. The number of nitrogens with zero attached hydrogens (tertiary/aromatic N) is 3. The molecule has 150 valence electrons. The molecule has 1 fully saturated rings. The van der Waals surface area contributed by atoms with Gasteiger partial charge in [0.05, 0.1) is 4.90 Å². The van der Waals surface area contributed by atoms with Crippen molar-refractivity contribution in [3.05, 3.63) is 59.4 Å². The maximum atomic E-state index is 13.0. The Balaban J connectivity index is 1.62. The molecule has 7 heteroatoms. The van der Waals surface area contributed by atoms with Gasteiger partial charge in [-0.15, -0.1) is 0 Å². The molecule has 28 heavy (non-hydrogen) atoms. The van der Waals surface area contributed by atoms with Crippen LogP contribution in [0.4, 0.5) is 0 Å². The smallest absolute Gasteiger partial charge is 0.288 e. The van der Waals surface area contributed by atoms with E-state index in [2.05, 4.69) is 6.92 Å². The maximum absolute atomic E-state index is 13.0. The molecule has 0 unspecified atom stereocenters. The highest BCUT2D eigenvalue weighted by Gasteiger charge is 2.31. The Morgan fingerprint density at radius 3 is 2.25 bits per heavy atom. The molecule has 0 bridgehead atoms. The van der Waals surface area contributed by atoms with Gasteiger partial charge in [-0.3, -0.25) is 4.79 Å². The lowest BCUT2D eigenvalue weighted by molar-refractivity contribution is -0.685. The van der Waals surface area contributed by atoms with Gasteiger partial charge in [0, 0.05) is 38.3 Å². The summed E-state index contributed by atoms with van der Waals surface area (Å²) in [4.78, 5) is 14.7. The lowest BCUT2D eigenvalue weighted by Crippen LogP contribution is -2.53. The Bertz CT molecular complexity index is 947. The molecule has 2 aromatic rings. The summed E-state index contributed by atoms with van der Waals surface area (Å²) in [6.45, 7) is 7.60. The van der Waals surface area contributed by atoms with Crippen molar-refractivity contribution < 1.29 is 17.8 Å². The Morgan fingerprint density at radius 2 is 1.68 bits per heavy atom. The molecule has 1 aliphatic rings. The van der Waals surface area contributed by atoms with E-state index in [0.717, 1.165) is 17.5 Å². The third-order valence-corrected chi connectivity index (χ3v) is 7.28. The van der Waals surface area contributed by atoms with Gasteiger partial charge < -0.3 is 4.90 Å². The van der Waals surface area contributed by atoms with E-state index in [1.165, 1.54) is 9.87 Å². The van der Waals surface area contributed by atoms with Crippen molar-refractivity contribution >= 4 is 15.9 Å². The molecule has 0 atom stereocenters. The van der Waals surface area contributed by atoms with E-state index in [1.54, 1.807) is 11.0 Å². The number of benzene rings is 1. The van der Waals surface area contributed by atoms with E-state index >= 15 is 0 Å². The normalized spacial score (nSPS) is 15.6. The third-order valence-electron chi connectivity index (χ3n) is 5.23. The van der Waals surface area contributed by atoms with Crippen LogP contribution in [0.3, 0.4) is 0 Å². The molecule has 1 aromatic heterocycles. The number of hydrogen-bond acceptors (Lipinski definition) is 3. The summed E-state index contributed by atoms with van der Waals surface area (Å²) in [5, 5.41) is 0. The standard InChI is InChI=1S/C21H28N3O3S/c1-4-19-7-9-22(10-8-19)16-21(25)23-11-13-24(14-12-23)28(26,27)20-6-5-17(2)15-18(20)3/h5-10,15H,4,11-14,16H2,1-3H3/q+1. The van der Waals surface area contributed by atoms with Gasteiger partial charge in [0.15, 0.2) is 12.4 Å². The van der Waals surface area contributed by atoms with Gasteiger partial charge in [-0.05, 0) is 37.5 Å². The van der Waals surface area contributed by atoms with E-state index in [0.29, 0.717) is 31.1 Å². The summed E-state index contributed by atoms with van der Waals surface area (Å²) < 4.78 is 29.3. The van der Waals surface area contributed by atoms with E-state index in [4.69, 9.17) is 0 Å². The van der Waals surface area contributed by atoms with Crippen LogP contribution in [0.15, 0.2) is 47.6 Å². The number of amides is 1. The van der Waals surface area contributed by atoms with Gasteiger partial charge in [-0.1, -0.05) is 24.6 Å². The molecule has 6 nitrogen and oxygen atoms in total. The highest BCUT2D eigenvalue weighted by atomic mass is 32.2. The van der Waals surface area contributed by atoms with Crippen LogP contribution < -0.4 is 4.57 Å². The summed E-state index contributed by atoms with van der Waals surface area (Å²) >= 11 is 0. The number of carbonyl (C=O) groups excluding carboxylic acids is 1. The predicted octanol–water partition coefficient (Wildman–Crippen LogP) is 1.69. The van der Waals surface area contributed by atoms with Crippen molar-refractivity contribution in [2.75, 3.05) is 26.2 Å². The van der Waals surface area contributed by atoms with Crippen molar-refractivity contribution in [3.8, 4) is 0 Å². The van der Waals surface area contributed by atoms with Crippen LogP contribution >= 0.6 is 0 Å². The van der Waals surface area contributed by atoms with Gasteiger partial charge in [0.2, 0.25) is 16.6 Å². The molecule has 1 amide bonds. The molecule has 1 saturated heterocycles. The zero-order valence-electron chi connectivity index (χ0n) is 16.8. The lowest BCUT2D eigenvalue weighted by Gasteiger charge is -2.33. The van der Waals surface area contributed by atoms with Crippen molar-refractivity contribution in [1.82, 2.24) is 9.21 Å². The van der Waals surface area contributed by atoms with Crippen LogP contribution in [0.5, 0.6) is 0 Å². The highest BCUT2D eigenvalue weighted by molar-refractivity contribution is 7.89. The quantitative estimate of drug-likeness (QED) is 0.715. The van der Waals surface area contributed by atoms with Crippen LogP contribution in [0, 0.1) is 13.8 Å². The SMILES string of the molecule is CCc1cc[n+](CC(=O)N2CCN(S(=O)(=O)c3ccc(C)cc3C)CC2)cc1. The molecule has 0 saturated carbocycles. The number of rotatable bonds is 5. The Hall–Kier alpha value is -2.25. The van der Waals surface area contributed by atoms with Gasteiger partial charge in [0.25, 0.3) is 5.91 Å².